The predicted molar refractivity (Wildman–Crippen MR) is 73.2 cm³/mol. The molecule has 0 saturated heterocycles. The molecular weight excluding hydrogens is 262 g/mol. The molecule has 20 heavy (non-hydrogen) atoms. The first-order valence-corrected chi connectivity index (χ1v) is 6.50. The van der Waals surface area contributed by atoms with Crippen LogP contribution in [0, 0.1) is 6.92 Å². The van der Waals surface area contributed by atoms with Gasteiger partial charge in [0.25, 0.3) is 0 Å². The zero-order valence-corrected chi connectivity index (χ0v) is 12.1. The fourth-order valence-electron chi connectivity index (χ4n) is 1.69. The van der Waals surface area contributed by atoms with Gasteiger partial charge in [0.2, 0.25) is 11.8 Å². The fraction of sp³-hybridized carbons (Fsp3) is 0.615. The number of anilines is 1. The molecule has 0 aliphatic carbocycles. The van der Waals surface area contributed by atoms with Crippen LogP contribution in [0.4, 0.5) is 5.82 Å². The van der Waals surface area contributed by atoms with Gasteiger partial charge in [-0.3, -0.25) is 9.59 Å². The summed E-state index contributed by atoms with van der Waals surface area (Å²) in [6, 6.07) is 1.64. The molecule has 0 saturated carbocycles. The van der Waals surface area contributed by atoms with E-state index in [0.29, 0.717) is 31.3 Å². The van der Waals surface area contributed by atoms with Crippen molar-refractivity contribution in [2.75, 3.05) is 32.1 Å². The van der Waals surface area contributed by atoms with Crippen molar-refractivity contribution >= 4 is 17.6 Å². The van der Waals surface area contributed by atoms with Gasteiger partial charge < -0.3 is 19.5 Å². The minimum absolute atomic E-state index is 0.0498. The van der Waals surface area contributed by atoms with Gasteiger partial charge in [0.15, 0.2) is 5.82 Å². The Kier molecular flexibility index (Phi) is 6.72. The maximum absolute atomic E-state index is 11.7. The summed E-state index contributed by atoms with van der Waals surface area (Å²) in [4.78, 5) is 24.8. The molecule has 0 spiro atoms. The van der Waals surface area contributed by atoms with Gasteiger partial charge in [-0.1, -0.05) is 5.16 Å². The van der Waals surface area contributed by atoms with E-state index in [0.717, 1.165) is 6.42 Å². The van der Waals surface area contributed by atoms with Crippen molar-refractivity contribution in [3.63, 3.8) is 0 Å². The predicted octanol–water partition coefficient (Wildman–Crippen LogP) is 1.20. The van der Waals surface area contributed by atoms with Crippen molar-refractivity contribution in [2.24, 2.45) is 0 Å². The average molecular weight is 283 g/mol. The lowest BCUT2D eigenvalue weighted by molar-refractivity contribution is -0.129. The number of carbonyl (C=O) groups is 2. The molecule has 0 radical (unpaired) electrons. The molecule has 0 fully saturated rings. The maximum atomic E-state index is 11.7. The number of ether oxygens (including phenoxy) is 1. The van der Waals surface area contributed by atoms with Crippen LogP contribution in [-0.2, 0) is 14.3 Å². The maximum Gasteiger partial charge on any atom is 0.227 e. The van der Waals surface area contributed by atoms with Gasteiger partial charge in [0, 0.05) is 46.2 Å². The van der Waals surface area contributed by atoms with Crippen molar-refractivity contribution < 1.29 is 18.8 Å². The highest BCUT2D eigenvalue weighted by Gasteiger charge is 2.12. The number of methoxy groups -OCH3 is 1. The van der Waals surface area contributed by atoms with E-state index in [-0.39, 0.29) is 18.2 Å². The number of carbonyl (C=O) groups excluding carboxylic acids is 2. The van der Waals surface area contributed by atoms with Crippen molar-refractivity contribution in [1.82, 2.24) is 10.1 Å². The molecule has 0 atom stereocenters. The Morgan fingerprint density at radius 3 is 2.75 bits per heavy atom. The standard InChI is InChI=1S/C13H21N3O4/c1-10-9-12(15-20-10)14-13(18)5-7-16(11(2)17)6-4-8-19-3/h9H,4-8H2,1-3H3,(H,14,15,18). The summed E-state index contributed by atoms with van der Waals surface area (Å²) in [5, 5.41) is 6.29. The summed E-state index contributed by atoms with van der Waals surface area (Å²) < 4.78 is 9.79. The number of aromatic nitrogens is 1. The molecule has 7 nitrogen and oxygen atoms in total. The third-order valence-electron chi connectivity index (χ3n) is 2.73. The number of hydrogen-bond donors (Lipinski definition) is 1. The Morgan fingerprint density at radius 2 is 2.20 bits per heavy atom. The van der Waals surface area contributed by atoms with Crippen molar-refractivity contribution in [2.45, 2.75) is 26.7 Å². The zero-order chi connectivity index (χ0) is 15.0. The molecular formula is C13H21N3O4. The van der Waals surface area contributed by atoms with Crippen LogP contribution in [0.5, 0.6) is 0 Å². The van der Waals surface area contributed by atoms with Gasteiger partial charge in [-0.25, -0.2) is 0 Å². The number of rotatable bonds is 8. The van der Waals surface area contributed by atoms with E-state index in [1.807, 2.05) is 0 Å². The summed E-state index contributed by atoms with van der Waals surface area (Å²) in [5.74, 6) is 0.772. The van der Waals surface area contributed by atoms with Gasteiger partial charge >= 0.3 is 0 Å². The molecule has 1 aromatic rings. The second-order valence-corrected chi connectivity index (χ2v) is 4.47. The van der Waals surface area contributed by atoms with Crippen LogP contribution >= 0.6 is 0 Å². The molecule has 112 valence electrons. The van der Waals surface area contributed by atoms with Crippen molar-refractivity contribution in [3.05, 3.63) is 11.8 Å². The Morgan fingerprint density at radius 1 is 1.45 bits per heavy atom. The van der Waals surface area contributed by atoms with Crippen molar-refractivity contribution in [1.29, 1.82) is 0 Å². The van der Waals surface area contributed by atoms with Gasteiger partial charge in [-0.15, -0.1) is 0 Å². The van der Waals surface area contributed by atoms with E-state index in [9.17, 15) is 9.59 Å². The van der Waals surface area contributed by atoms with E-state index >= 15 is 0 Å². The van der Waals surface area contributed by atoms with Crippen molar-refractivity contribution in [3.8, 4) is 0 Å². The topological polar surface area (TPSA) is 84.7 Å². The van der Waals surface area contributed by atoms with Gasteiger partial charge in [-0.2, -0.15) is 0 Å². The fourth-order valence-corrected chi connectivity index (χ4v) is 1.69. The third-order valence-corrected chi connectivity index (χ3v) is 2.73. The first-order chi connectivity index (χ1) is 9.52. The minimum atomic E-state index is -0.198. The third kappa shape index (κ3) is 5.83. The molecule has 0 bridgehead atoms. The second kappa shape index (κ2) is 8.31. The number of hydrogen-bond acceptors (Lipinski definition) is 5. The first-order valence-electron chi connectivity index (χ1n) is 6.50. The van der Waals surface area contributed by atoms with E-state index in [4.69, 9.17) is 9.26 Å². The molecule has 0 aromatic carbocycles. The second-order valence-electron chi connectivity index (χ2n) is 4.47. The smallest absolute Gasteiger partial charge is 0.227 e. The molecule has 0 aliphatic heterocycles. The Labute approximate surface area is 118 Å². The van der Waals surface area contributed by atoms with E-state index in [1.54, 1.807) is 25.0 Å². The van der Waals surface area contributed by atoms with Crippen LogP contribution in [0.25, 0.3) is 0 Å². The Bertz CT molecular complexity index is 445. The van der Waals surface area contributed by atoms with Crippen LogP contribution < -0.4 is 5.32 Å². The molecule has 2 amide bonds. The molecule has 1 N–H and O–H groups in total. The molecule has 7 heteroatoms. The lowest BCUT2D eigenvalue weighted by atomic mass is 10.3. The summed E-state index contributed by atoms with van der Waals surface area (Å²) >= 11 is 0. The number of aryl methyl sites for hydroxylation is 1. The quantitative estimate of drug-likeness (QED) is 0.725. The van der Waals surface area contributed by atoms with Crippen LogP contribution in [-0.4, -0.2) is 48.7 Å². The Balaban J connectivity index is 2.34. The first kappa shape index (κ1) is 16.2. The van der Waals surface area contributed by atoms with Crippen LogP contribution in [0.1, 0.15) is 25.5 Å². The summed E-state index contributed by atoms with van der Waals surface area (Å²) in [7, 11) is 1.62. The Hall–Kier alpha value is -1.89. The molecule has 1 aromatic heterocycles. The van der Waals surface area contributed by atoms with Gasteiger partial charge in [0.05, 0.1) is 0 Å². The lowest BCUT2D eigenvalue weighted by Crippen LogP contribution is -2.33. The van der Waals surface area contributed by atoms with E-state index in [1.165, 1.54) is 6.92 Å². The molecule has 0 unspecified atom stereocenters. The monoisotopic (exact) mass is 283 g/mol. The zero-order valence-electron chi connectivity index (χ0n) is 12.1. The highest BCUT2D eigenvalue weighted by atomic mass is 16.5. The SMILES string of the molecule is COCCCN(CCC(=O)Nc1cc(C)on1)C(C)=O. The molecule has 1 rings (SSSR count). The molecule has 0 aliphatic rings. The normalized spacial score (nSPS) is 10.3. The lowest BCUT2D eigenvalue weighted by Gasteiger charge is -2.20. The van der Waals surface area contributed by atoms with E-state index < -0.39 is 0 Å². The van der Waals surface area contributed by atoms with Crippen LogP contribution in [0.2, 0.25) is 0 Å². The number of nitrogens with zero attached hydrogens (tertiary/aromatic N) is 2. The number of nitrogens with one attached hydrogen (secondary N) is 1. The van der Waals surface area contributed by atoms with E-state index in [2.05, 4.69) is 10.5 Å². The largest absolute Gasteiger partial charge is 0.385 e. The highest BCUT2D eigenvalue weighted by Crippen LogP contribution is 2.07. The van der Waals surface area contributed by atoms with Gasteiger partial charge in [-0.05, 0) is 13.3 Å². The minimum Gasteiger partial charge on any atom is -0.385 e. The summed E-state index contributed by atoms with van der Waals surface area (Å²) in [5.41, 5.74) is 0. The summed E-state index contributed by atoms with van der Waals surface area (Å²) in [6.07, 6.45) is 0.971. The summed E-state index contributed by atoms with van der Waals surface area (Å²) in [6.45, 7) is 4.79. The average Bonchev–Trinajstić information content (AvgIpc) is 2.78. The highest BCUT2D eigenvalue weighted by molar-refractivity contribution is 5.90. The van der Waals surface area contributed by atoms with Crippen LogP contribution in [0.3, 0.4) is 0 Å². The molecule has 1 heterocycles. The van der Waals surface area contributed by atoms with Gasteiger partial charge in [0.1, 0.15) is 5.76 Å². The number of amides is 2. The van der Waals surface area contributed by atoms with Crippen LogP contribution in [0.15, 0.2) is 10.6 Å².